The van der Waals surface area contributed by atoms with Crippen molar-refractivity contribution < 1.29 is 4.79 Å². The van der Waals surface area contributed by atoms with E-state index in [2.05, 4.69) is 36.9 Å². The van der Waals surface area contributed by atoms with Crippen LogP contribution in [0.2, 0.25) is 0 Å². The summed E-state index contributed by atoms with van der Waals surface area (Å²) >= 11 is 1.77. The maximum Gasteiger partial charge on any atom is 0.253 e. The van der Waals surface area contributed by atoms with Crippen molar-refractivity contribution in [3.63, 3.8) is 0 Å². The molecule has 140 valence electrons. The van der Waals surface area contributed by atoms with Crippen LogP contribution in [0.5, 0.6) is 0 Å². The Morgan fingerprint density at radius 2 is 1.56 bits per heavy atom. The van der Waals surface area contributed by atoms with Gasteiger partial charge >= 0.3 is 0 Å². The third kappa shape index (κ3) is 3.44. The van der Waals surface area contributed by atoms with Gasteiger partial charge in [-0.3, -0.25) is 4.79 Å². The summed E-state index contributed by atoms with van der Waals surface area (Å²) in [6, 6.07) is 10.4. The van der Waals surface area contributed by atoms with Gasteiger partial charge < -0.3 is 9.80 Å². The summed E-state index contributed by atoms with van der Waals surface area (Å²) < 4.78 is 1.28. The number of aromatic nitrogens is 1. The number of carbonyl (C=O) groups excluding carboxylic acids is 1. The summed E-state index contributed by atoms with van der Waals surface area (Å²) in [4.78, 5) is 22.0. The molecule has 3 aromatic rings. The topological polar surface area (TPSA) is 36.4 Å². The minimum absolute atomic E-state index is 0.137. The average Bonchev–Trinajstić information content (AvgIpc) is 3.10. The van der Waals surface area contributed by atoms with Crippen LogP contribution in [-0.4, -0.2) is 42.0 Å². The molecule has 0 radical (unpaired) electrons. The van der Waals surface area contributed by atoms with Crippen molar-refractivity contribution in [1.29, 1.82) is 0 Å². The fourth-order valence-corrected chi connectivity index (χ4v) is 4.93. The van der Waals surface area contributed by atoms with Gasteiger partial charge in [-0.25, -0.2) is 4.98 Å². The van der Waals surface area contributed by atoms with E-state index in [-0.39, 0.29) is 5.91 Å². The summed E-state index contributed by atoms with van der Waals surface area (Å²) in [6.45, 7) is 11.5. The molecule has 0 bridgehead atoms. The number of amides is 1. The molecule has 1 amide bonds. The molecule has 27 heavy (non-hydrogen) atoms. The number of benzene rings is 2. The summed E-state index contributed by atoms with van der Waals surface area (Å²) in [6.07, 6.45) is 0. The Bertz CT molecular complexity index is 957. The molecule has 2 aromatic carbocycles. The van der Waals surface area contributed by atoms with Crippen LogP contribution in [0, 0.1) is 27.7 Å². The third-order valence-corrected chi connectivity index (χ3v) is 6.49. The zero-order valence-electron chi connectivity index (χ0n) is 16.4. The first-order valence-electron chi connectivity index (χ1n) is 9.41. The quantitative estimate of drug-likeness (QED) is 0.658. The van der Waals surface area contributed by atoms with Gasteiger partial charge in [-0.05, 0) is 51.0 Å². The standard InChI is InChI=1S/C22H25N3OS/c1-14-11-15(2)13-18(12-14)21(26)24-7-9-25(10-8-24)22-23-19-16(3)5-6-17(4)20(19)27-22/h5-6,11-13H,7-10H2,1-4H3. The zero-order valence-corrected chi connectivity index (χ0v) is 17.2. The molecule has 0 aliphatic carbocycles. The lowest BCUT2D eigenvalue weighted by Crippen LogP contribution is -2.48. The molecule has 4 rings (SSSR count). The summed E-state index contributed by atoms with van der Waals surface area (Å²) in [5.41, 5.74) is 6.69. The van der Waals surface area contributed by atoms with E-state index in [4.69, 9.17) is 4.98 Å². The fraction of sp³-hybridized carbons (Fsp3) is 0.364. The van der Waals surface area contributed by atoms with Crippen LogP contribution >= 0.6 is 11.3 Å². The number of hydrogen-bond acceptors (Lipinski definition) is 4. The number of fused-ring (bicyclic) bond motifs is 1. The lowest BCUT2D eigenvalue weighted by atomic mass is 10.1. The third-order valence-electron chi connectivity index (χ3n) is 5.24. The van der Waals surface area contributed by atoms with E-state index in [1.807, 2.05) is 30.9 Å². The highest BCUT2D eigenvalue weighted by Crippen LogP contribution is 2.33. The molecule has 0 atom stereocenters. The van der Waals surface area contributed by atoms with Crippen LogP contribution in [0.3, 0.4) is 0 Å². The lowest BCUT2D eigenvalue weighted by Gasteiger charge is -2.34. The Morgan fingerprint density at radius 1 is 0.926 bits per heavy atom. The highest BCUT2D eigenvalue weighted by molar-refractivity contribution is 7.22. The highest BCUT2D eigenvalue weighted by Gasteiger charge is 2.24. The molecule has 1 fully saturated rings. The van der Waals surface area contributed by atoms with Crippen LogP contribution in [0.4, 0.5) is 5.13 Å². The Balaban J connectivity index is 1.50. The van der Waals surface area contributed by atoms with E-state index < -0.39 is 0 Å². The number of thiazole rings is 1. The first-order chi connectivity index (χ1) is 12.9. The van der Waals surface area contributed by atoms with Crippen molar-refractivity contribution in [1.82, 2.24) is 9.88 Å². The van der Waals surface area contributed by atoms with E-state index >= 15 is 0 Å². The Kier molecular flexibility index (Phi) is 4.64. The molecule has 1 aliphatic heterocycles. The predicted molar refractivity (Wildman–Crippen MR) is 113 cm³/mol. The van der Waals surface area contributed by atoms with Gasteiger partial charge in [-0.2, -0.15) is 0 Å². The number of carbonyl (C=O) groups is 1. The largest absolute Gasteiger partial charge is 0.345 e. The Labute approximate surface area is 164 Å². The monoisotopic (exact) mass is 379 g/mol. The smallest absolute Gasteiger partial charge is 0.253 e. The van der Waals surface area contributed by atoms with Crippen molar-refractivity contribution in [2.75, 3.05) is 31.1 Å². The number of nitrogens with zero attached hydrogens (tertiary/aromatic N) is 3. The molecular weight excluding hydrogens is 354 g/mol. The van der Waals surface area contributed by atoms with Gasteiger partial charge in [0.25, 0.3) is 5.91 Å². The summed E-state index contributed by atoms with van der Waals surface area (Å²) in [5, 5.41) is 1.07. The average molecular weight is 380 g/mol. The van der Waals surface area contributed by atoms with Gasteiger partial charge in [0.15, 0.2) is 5.13 Å². The van der Waals surface area contributed by atoms with E-state index in [1.54, 1.807) is 11.3 Å². The number of rotatable bonds is 2. The number of anilines is 1. The molecule has 1 aromatic heterocycles. The van der Waals surface area contributed by atoms with Crippen molar-refractivity contribution in [2.45, 2.75) is 27.7 Å². The van der Waals surface area contributed by atoms with Gasteiger partial charge in [0.1, 0.15) is 0 Å². The molecule has 0 unspecified atom stereocenters. The zero-order chi connectivity index (χ0) is 19.1. The van der Waals surface area contributed by atoms with Crippen LogP contribution in [0.1, 0.15) is 32.6 Å². The second-order valence-corrected chi connectivity index (χ2v) is 8.51. The molecule has 5 heteroatoms. The molecule has 1 saturated heterocycles. The summed E-state index contributed by atoms with van der Waals surface area (Å²) in [5.74, 6) is 0.137. The molecule has 0 spiro atoms. The maximum atomic E-state index is 12.9. The maximum absolute atomic E-state index is 12.9. The van der Waals surface area contributed by atoms with Gasteiger partial charge in [-0.15, -0.1) is 0 Å². The van der Waals surface area contributed by atoms with E-state index in [0.717, 1.165) is 53.5 Å². The lowest BCUT2D eigenvalue weighted by molar-refractivity contribution is 0.0746. The van der Waals surface area contributed by atoms with Crippen LogP contribution in [-0.2, 0) is 0 Å². The minimum Gasteiger partial charge on any atom is -0.345 e. The molecule has 4 nitrogen and oxygen atoms in total. The van der Waals surface area contributed by atoms with Gasteiger partial charge in [0.2, 0.25) is 0 Å². The number of hydrogen-bond donors (Lipinski definition) is 0. The summed E-state index contributed by atoms with van der Waals surface area (Å²) in [7, 11) is 0. The molecule has 0 N–H and O–H groups in total. The van der Waals surface area contributed by atoms with E-state index in [9.17, 15) is 4.79 Å². The van der Waals surface area contributed by atoms with Crippen LogP contribution < -0.4 is 4.90 Å². The highest BCUT2D eigenvalue weighted by atomic mass is 32.1. The van der Waals surface area contributed by atoms with E-state index in [1.165, 1.54) is 15.8 Å². The number of piperazine rings is 1. The van der Waals surface area contributed by atoms with Gasteiger partial charge in [0, 0.05) is 31.7 Å². The predicted octanol–water partition coefficient (Wildman–Crippen LogP) is 4.49. The molecule has 1 aliphatic rings. The Morgan fingerprint density at radius 3 is 2.19 bits per heavy atom. The minimum atomic E-state index is 0.137. The van der Waals surface area contributed by atoms with Crippen LogP contribution in [0.25, 0.3) is 10.2 Å². The molecule has 2 heterocycles. The number of aryl methyl sites for hydroxylation is 4. The van der Waals surface area contributed by atoms with Gasteiger partial charge in [-0.1, -0.05) is 40.7 Å². The second-order valence-electron chi connectivity index (χ2n) is 7.53. The first kappa shape index (κ1) is 18.0. The van der Waals surface area contributed by atoms with Gasteiger partial charge in [0.05, 0.1) is 10.2 Å². The first-order valence-corrected chi connectivity index (χ1v) is 10.2. The van der Waals surface area contributed by atoms with Crippen LogP contribution in [0.15, 0.2) is 30.3 Å². The van der Waals surface area contributed by atoms with Crippen molar-refractivity contribution in [3.05, 3.63) is 58.1 Å². The normalized spacial score (nSPS) is 14.8. The SMILES string of the molecule is Cc1cc(C)cc(C(=O)N2CCN(c3nc4c(C)ccc(C)c4s3)CC2)c1. The second kappa shape index (κ2) is 6.97. The van der Waals surface area contributed by atoms with E-state index in [0.29, 0.717) is 0 Å². The molecular formula is C22H25N3OS. The fourth-order valence-electron chi connectivity index (χ4n) is 3.76. The van der Waals surface area contributed by atoms with Crippen molar-refractivity contribution in [3.8, 4) is 0 Å². The molecule has 0 saturated carbocycles. The van der Waals surface area contributed by atoms with Crippen molar-refractivity contribution in [2.24, 2.45) is 0 Å². The van der Waals surface area contributed by atoms with Crippen molar-refractivity contribution >= 4 is 32.6 Å². The Hall–Kier alpha value is -2.40.